The SMILES string of the molecule is CC(C)(O)c1ccc(C(=O)Cc2cc(Cl)n3nccc3n2)cc1.CC(C)(O)c1ccc(C(=O)Cc2cc(N3CCc4nc[nH]c(=O)c4C3)n3nccc3n2)cc1.Cl.O=c1[nH]cnc2c1CNCC2. The lowest BCUT2D eigenvalue weighted by Gasteiger charge is -2.29. The second-order valence-corrected chi connectivity index (χ2v) is 17.7. The van der Waals surface area contributed by atoms with Crippen molar-refractivity contribution in [1.82, 2.24) is 54.4 Å². The summed E-state index contributed by atoms with van der Waals surface area (Å²) in [5.41, 5.74) is 6.25. The zero-order valence-electron chi connectivity index (χ0n) is 37.7. The molecule has 0 amide bonds. The fourth-order valence-electron chi connectivity index (χ4n) is 7.77. The molecule has 2 aromatic carbocycles. The minimum atomic E-state index is -0.963. The van der Waals surface area contributed by atoms with Gasteiger partial charge in [0.15, 0.2) is 22.9 Å². The highest BCUT2D eigenvalue weighted by atomic mass is 35.5. The van der Waals surface area contributed by atoms with Crippen molar-refractivity contribution in [2.45, 2.75) is 77.7 Å². The van der Waals surface area contributed by atoms with E-state index in [2.05, 4.69) is 50.3 Å². The zero-order chi connectivity index (χ0) is 47.5. The number of hydrogen-bond acceptors (Lipinski definition) is 14. The average molecular weight is 962 g/mol. The van der Waals surface area contributed by atoms with Crippen LogP contribution in [-0.4, -0.2) is 84.0 Å². The first-order valence-corrected chi connectivity index (χ1v) is 22.0. The number of rotatable bonds is 9. The first-order valence-electron chi connectivity index (χ1n) is 21.6. The van der Waals surface area contributed by atoms with E-state index in [1.165, 1.54) is 17.2 Å². The van der Waals surface area contributed by atoms with E-state index in [1.807, 2.05) is 6.07 Å². The van der Waals surface area contributed by atoms with E-state index in [1.54, 1.807) is 111 Å². The Morgan fingerprint density at radius 3 is 1.74 bits per heavy atom. The lowest BCUT2D eigenvalue weighted by atomic mass is 9.96. The van der Waals surface area contributed by atoms with Crippen molar-refractivity contribution in [2.75, 3.05) is 18.0 Å². The molecule has 0 saturated carbocycles. The van der Waals surface area contributed by atoms with E-state index in [0.717, 1.165) is 46.9 Å². The number of anilines is 1. The van der Waals surface area contributed by atoms with Gasteiger partial charge in [0.25, 0.3) is 11.1 Å². The van der Waals surface area contributed by atoms with Crippen molar-refractivity contribution in [3.8, 4) is 0 Å². The van der Waals surface area contributed by atoms with Crippen LogP contribution in [0.15, 0.2) is 107 Å². The Hall–Kier alpha value is -6.96. The van der Waals surface area contributed by atoms with E-state index < -0.39 is 11.2 Å². The Bertz CT molecular complexity index is 3210. The van der Waals surface area contributed by atoms with E-state index in [9.17, 15) is 29.4 Å². The number of carbonyl (C=O) groups excluding carboxylic acids is 2. The molecule has 0 atom stereocenters. The van der Waals surface area contributed by atoms with Crippen LogP contribution in [0.1, 0.15) is 93.4 Å². The Morgan fingerprint density at radius 1 is 0.691 bits per heavy atom. The third-order valence-corrected chi connectivity index (χ3v) is 11.8. The summed E-state index contributed by atoms with van der Waals surface area (Å²) < 4.78 is 3.23. The van der Waals surface area contributed by atoms with Crippen LogP contribution < -0.4 is 21.3 Å². The van der Waals surface area contributed by atoms with Gasteiger partial charge in [0.2, 0.25) is 0 Å². The number of Topliss-reactive ketones (excluding diaryl/α,β-unsaturated/α-hetero) is 2. The molecule has 5 N–H and O–H groups in total. The van der Waals surface area contributed by atoms with Gasteiger partial charge in [-0.05, 0) is 44.9 Å². The number of halogens is 2. The van der Waals surface area contributed by atoms with Gasteiger partial charge in [0.05, 0.1) is 89.5 Å². The van der Waals surface area contributed by atoms with Crippen molar-refractivity contribution in [2.24, 2.45) is 0 Å². The van der Waals surface area contributed by atoms with Gasteiger partial charge in [-0.3, -0.25) is 19.2 Å². The second kappa shape index (κ2) is 20.5. The van der Waals surface area contributed by atoms with Crippen LogP contribution in [0.5, 0.6) is 0 Å². The first kappa shape index (κ1) is 49.0. The number of benzene rings is 2. The van der Waals surface area contributed by atoms with E-state index in [4.69, 9.17) is 11.6 Å². The monoisotopic (exact) mass is 960 g/mol. The number of fused-ring (bicyclic) bond motifs is 4. The molecule has 8 aromatic rings. The normalized spacial score (nSPS) is 13.3. The predicted molar refractivity (Wildman–Crippen MR) is 258 cm³/mol. The van der Waals surface area contributed by atoms with Crippen LogP contribution in [0.2, 0.25) is 5.15 Å². The van der Waals surface area contributed by atoms with Gasteiger partial charge in [-0.25, -0.2) is 24.5 Å². The van der Waals surface area contributed by atoms with Crippen molar-refractivity contribution >= 4 is 52.7 Å². The number of aromatic nitrogens is 10. The Morgan fingerprint density at radius 2 is 1.19 bits per heavy atom. The number of ketones is 2. The molecule has 0 fully saturated rings. The molecule has 0 saturated heterocycles. The predicted octanol–water partition coefficient (Wildman–Crippen LogP) is 4.90. The number of aliphatic hydroxyl groups is 2. The summed E-state index contributed by atoms with van der Waals surface area (Å²) in [7, 11) is 0. The standard InChI is InChI=1S/C24H24N6O3.C17H16ClN3O2.C7H9N3O.ClH/c1-24(2,33)16-5-3-15(4-6-16)20(31)11-17-12-22(30-21(28-17)7-9-27-30)29-10-8-19-18(13-29)23(32)26-14-25-19;1-17(2,23)12-5-3-11(4-6-12)14(22)9-13-10-15(18)21-16(20-13)7-8-19-21;11-7-5-3-8-2-1-6(5)9-4-10-7;/h3-7,9,12,14,33H,8,10-11,13H2,1-2H3,(H,25,26,32);3-8,10,23H,9H2,1-2H3;4,8H,1-3H2,(H,9,10,11);1H. The summed E-state index contributed by atoms with van der Waals surface area (Å²) in [6, 6.07) is 21.0. The van der Waals surface area contributed by atoms with Gasteiger partial charge < -0.3 is 30.4 Å². The van der Waals surface area contributed by atoms with Gasteiger partial charge in [0, 0.05) is 61.8 Å². The van der Waals surface area contributed by atoms with Gasteiger partial charge in [-0.2, -0.15) is 14.7 Å². The van der Waals surface area contributed by atoms with Gasteiger partial charge in [-0.1, -0.05) is 60.1 Å². The van der Waals surface area contributed by atoms with Crippen LogP contribution in [0, 0.1) is 0 Å². The quantitative estimate of drug-likeness (QED) is 0.0956. The van der Waals surface area contributed by atoms with Crippen molar-refractivity contribution in [1.29, 1.82) is 0 Å². The minimum absolute atomic E-state index is 0. The summed E-state index contributed by atoms with van der Waals surface area (Å²) in [5.74, 6) is 0.656. The van der Waals surface area contributed by atoms with Crippen LogP contribution in [0.25, 0.3) is 11.3 Å². The summed E-state index contributed by atoms with van der Waals surface area (Å²) in [6.07, 6.45) is 7.96. The van der Waals surface area contributed by atoms with Crippen molar-refractivity contribution in [3.63, 3.8) is 0 Å². The number of nitrogens with zero attached hydrogens (tertiary/aromatic N) is 9. The summed E-state index contributed by atoms with van der Waals surface area (Å²) in [5, 5.41) is 32.0. The molecule has 0 bridgehead atoms. The molecule has 352 valence electrons. The Balaban J connectivity index is 0.000000169. The summed E-state index contributed by atoms with van der Waals surface area (Å²) >= 11 is 6.13. The minimum Gasteiger partial charge on any atom is -0.386 e. The third kappa shape index (κ3) is 11.2. The first-order chi connectivity index (χ1) is 32.0. The lowest BCUT2D eigenvalue weighted by molar-refractivity contribution is 0.0780. The van der Waals surface area contributed by atoms with Crippen LogP contribution in [0.4, 0.5) is 5.82 Å². The summed E-state index contributed by atoms with van der Waals surface area (Å²) in [4.78, 5) is 73.4. The largest absolute Gasteiger partial charge is 0.386 e. The lowest BCUT2D eigenvalue weighted by Crippen LogP contribution is -2.36. The topological polar surface area (TPSA) is 242 Å². The maximum Gasteiger partial charge on any atom is 0.255 e. The second-order valence-electron chi connectivity index (χ2n) is 17.3. The molecule has 2 aliphatic rings. The molecule has 18 nitrogen and oxygen atoms in total. The fraction of sp³-hybridized carbons (Fsp3) is 0.292. The van der Waals surface area contributed by atoms with Crippen molar-refractivity contribution < 1.29 is 19.8 Å². The molecule has 0 unspecified atom stereocenters. The molecule has 2 aliphatic heterocycles. The molecule has 10 rings (SSSR count). The highest BCUT2D eigenvalue weighted by Crippen LogP contribution is 2.25. The molecule has 0 aliphatic carbocycles. The molecule has 20 heteroatoms. The fourth-order valence-corrected chi connectivity index (χ4v) is 8.03. The van der Waals surface area contributed by atoms with Gasteiger partial charge in [-0.15, -0.1) is 12.4 Å². The van der Waals surface area contributed by atoms with Crippen LogP contribution in [0.3, 0.4) is 0 Å². The van der Waals surface area contributed by atoms with E-state index in [0.29, 0.717) is 70.6 Å². The molecular formula is C48H50Cl2N12O6. The Labute approximate surface area is 400 Å². The number of carbonyl (C=O) groups is 2. The average Bonchev–Trinajstić information content (AvgIpc) is 4.00. The molecule has 0 radical (unpaired) electrons. The van der Waals surface area contributed by atoms with Crippen molar-refractivity contribution in [3.05, 3.63) is 180 Å². The smallest absolute Gasteiger partial charge is 0.255 e. The van der Waals surface area contributed by atoms with E-state index >= 15 is 0 Å². The van der Waals surface area contributed by atoms with Crippen LogP contribution >= 0.6 is 24.0 Å². The number of H-pyrrole nitrogens is 2. The third-order valence-electron chi connectivity index (χ3n) is 11.5. The maximum absolute atomic E-state index is 13.0. The highest BCUT2D eigenvalue weighted by Gasteiger charge is 2.24. The number of nitrogens with one attached hydrogen (secondary N) is 3. The highest BCUT2D eigenvalue weighted by molar-refractivity contribution is 6.29. The number of hydrogen-bond donors (Lipinski definition) is 5. The molecule has 8 heterocycles. The molecule has 6 aromatic heterocycles. The zero-order valence-corrected chi connectivity index (χ0v) is 39.3. The Kier molecular flexibility index (Phi) is 14.8. The van der Waals surface area contributed by atoms with E-state index in [-0.39, 0.29) is 47.9 Å². The van der Waals surface area contributed by atoms with Gasteiger partial charge in [0.1, 0.15) is 11.0 Å². The van der Waals surface area contributed by atoms with Gasteiger partial charge >= 0.3 is 0 Å². The molecular weight excluding hydrogens is 912 g/mol. The van der Waals surface area contributed by atoms with Crippen LogP contribution in [-0.2, 0) is 50.0 Å². The summed E-state index contributed by atoms with van der Waals surface area (Å²) in [6.45, 7) is 9.48. The maximum atomic E-state index is 13.0. The molecule has 68 heavy (non-hydrogen) atoms. The number of aromatic amines is 2. The molecule has 0 spiro atoms.